The molecule has 5 saturated carbocycles. The molecule has 0 bridgehead atoms. The van der Waals surface area contributed by atoms with Crippen LogP contribution >= 0.6 is 0 Å². The molecular formula is C36H56N2O6. The first-order valence-corrected chi connectivity index (χ1v) is 18.2. The van der Waals surface area contributed by atoms with Gasteiger partial charge in [-0.2, -0.15) is 0 Å². The van der Waals surface area contributed by atoms with Crippen LogP contribution in [0.4, 0.5) is 4.79 Å². The second-order valence-electron chi connectivity index (χ2n) is 16.3. The Labute approximate surface area is 264 Å². The zero-order valence-electron chi connectivity index (χ0n) is 27.4. The molecule has 0 aromatic carbocycles. The normalized spacial score (nSPS) is 42.0. The van der Waals surface area contributed by atoms with Crippen molar-refractivity contribution in [3.63, 3.8) is 0 Å². The van der Waals surface area contributed by atoms with Gasteiger partial charge in [0.05, 0.1) is 25.7 Å². The molecule has 1 spiro atoms. The Kier molecular flexibility index (Phi) is 8.56. The summed E-state index contributed by atoms with van der Waals surface area (Å²) in [5.41, 5.74) is -0.192. The van der Waals surface area contributed by atoms with Crippen molar-refractivity contribution in [3.8, 4) is 0 Å². The zero-order valence-corrected chi connectivity index (χ0v) is 27.4. The van der Waals surface area contributed by atoms with E-state index in [1.54, 1.807) is 0 Å². The molecule has 246 valence electrons. The second-order valence-corrected chi connectivity index (χ2v) is 16.3. The van der Waals surface area contributed by atoms with Crippen LogP contribution in [0.15, 0.2) is 0 Å². The average Bonchev–Trinajstić information content (AvgIpc) is 3.51. The van der Waals surface area contributed by atoms with Gasteiger partial charge in [-0.05, 0) is 93.3 Å². The summed E-state index contributed by atoms with van der Waals surface area (Å²) in [5, 5.41) is 0. The number of hydrogen-bond donors (Lipinski definition) is 0. The molecule has 8 heteroatoms. The van der Waals surface area contributed by atoms with Crippen LogP contribution in [0.3, 0.4) is 0 Å². The predicted octanol–water partition coefficient (Wildman–Crippen LogP) is 6.00. The van der Waals surface area contributed by atoms with Crippen molar-refractivity contribution in [2.24, 2.45) is 40.4 Å². The number of hydrogen-bond acceptors (Lipinski definition) is 7. The maximum absolute atomic E-state index is 13.3. The SMILES string of the molecule is C[C@]12CC[C@@]3(C[C@@H]1CC[C@@H]1[C@@H]2CC[C@]2(C)C(=O)CC[C@@H]12)CN(CCC(CN1CCOCC1)OC(=O)C1CCCCC1)C(=O)O3. The van der Waals surface area contributed by atoms with Gasteiger partial charge in [0.25, 0.3) is 0 Å². The van der Waals surface area contributed by atoms with Crippen molar-refractivity contribution in [1.82, 2.24) is 9.80 Å². The van der Waals surface area contributed by atoms with Gasteiger partial charge in [-0.3, -0.25) is 14.5 Å². The molecule has 5 aliphatic carbocycles. The molecule has 44 heavy (non-hydrogen) atoms. The fraction of sp³-hybridized carbons (Fsp3) is 0.917. The molecule has 7 fully saturated rings. The molecule has 0 N–H and O–H groups in total. The number of esters is 1. The Morgan fingerprint density at radius 1 is 0.955 bits per heavy atom. The number of carbonyl (C=O) groups is 3. The maximum Gasteiger partial charge on any atom is 0.410 e. The van der Waals surface area contributed by atoms with Crippen molar-refractivity contribution in [2.45, 2.75) is 122 Å². The van der Waals surface area contributed by atoms with E-state index in [9.17, 15) is 14.4 Å². The third-order valence-corrected chi connectivity index (χ3v) is 14.1. The van der Waals surface area contributed by atoms with Crippen LogP contribution < -0.4 is 0 Å². The summed E-state index contributed by atoms with van der Waals surface area (Å²) in [6, 6.07) is 0. The summed E-state index contributed by atoms with van der Waals surface area (Å²) in [5.74, 6) is 3.00. The van der Waals surface area contributed by atoms with Crippen molar-refractivity contribution in [2.75, 3.05) is 45.9 Å². The molecule has 2 heterocycles. The highest BCUT2D eigenvalue weighted by Crippen LogP contribution is 2.66. The third-order valence-electron chi connectivity index (χ3n) is 14.1. The summed E-state index contributed by atoms with van der Waals surface area (Å²) in [6.45, 7) is 9.85. The van der Waals surface area contributed by atoms with Gasteiger partial charge in [0.15, 0.2) is 0 Å². The number of ketones is 1. The molecule has 8 nitrogen and oxygen atoms in total. The minimum absolute atomic E-state index is 0.0228. The number of morpholine rings is 1. The number of Topliss-reactive ketones (excluding diaryl/α,β-unsaturated/α-hetero) is 1. The van der Waals surface area contributed by atoms with E-state index in [0.29, 0.717) is 68.7 Å². The molecule has 1 amide bonds. The number of fused-ring (bicyclic) bond motifs is 5. The van der Waals surface area contributed by atoms with Gasteiger partial charge in [0.1, 0.15) is 17.5 Å². The lowest BCUT2D eigenvalue weighted by atomic mass is 9.44. The molecule has 8 atom stereocenters. The van der Waals surface area contributed by atoms with Gasteiger partial charge in [-0.1, -0.05) is 33.1 Å². The predicted molar refractivity (Wildman–Crippen MR) is 166 cm³/mol. The van der Waals surface area contributed by atoms with E-state index in [0.717, 1.165) is 77.3 Å². The number of ether oxygens (including phenoxy) is 3. The topological polar surface area (TPSA) is 85.4 Å². The van der Waals surface area contributed by atoms with E-state index in [1.165, 1.54) is 25.7 Å². The molecule has 0 radical (unpaired) electrons. The van der Waals surface area contributed by atoms with E-state index in [2.05, 4.69) is 18.7 Å². The highest BCUT2D eigenvalue weighted by atomic mass is 16.6. The van der Waals surface area contributed by atoms with Gasteiger partial charge >= 0.3 is 12.1 Å². The minimum atomic E-state index is -0.390. The van der Waals surface area contributed by atoms with Crippen LogP contribution in [-0.4, -0.2) is 85.3 Å². The summed E-state index contributed by atoms with van der Waals surface area (Å²) >= 11 is 0. The molecular weight excluding hydrogens is 556 g/mol. The first kappa shape index (κ1) is 31.0. The summed E-state index contributed by atoms with van der Waals surface area (Å²) in [6.07, 6.45) is 15.1. The van der Waals surface area contributed by atoms with Crippen LogP contribution in [0.25, 0.3) is 0 Å². The van der Waals surface area contributed by atoms with Crippen molar-refractivity contribution in [3.05, 3.63) is 0 Å². The van der Waals surface area contributed by atoms with Crippen molar-refractivity contribution < 1.29 is 28.6 Å². The van der Waals surface area contributed by atoms with E-state index in [4.69, 9.17) is 14.2 Å². The fourth-order valence-electron chi connectivity index (χ4n) is 11.3. The second kappa shape index (κ2) is 12.2. The first-order valence-electron chi connectivity index (χ1n) is 18.2. The van der Waals surface area contributed by atoms with Crippen LogP contribution in [0, 0.1) is 40.4 Å². The van der Waals surface area contributed by atoms with Gasteiger partial charge in [0.2, 0.25) is 0 Å². The van der Waals surface area contributed by atoms with E-state index < -0.39 is 0 Å². The number of rotatable bonds is 7. The van der Waals surface area contributed by atoms with Gasteiger partial charge in [-0.15, -0.1) is 0 Å². The van der Waals surface area contributed by atoms with Gasteiger partial charge in [0, 0.05) is 44.4 Å². The molecule has 1 unspecified atom stereocenters. The highest BCUT2D eigenvalue weighted by molar-refractivity contribution is 5.87. The molecule has 7 rings (SSSR count). The quantitative estimate of drug-likeness (QED) is 0.326. The monoisotopic (exact) mass is 612 g/mol. The van der Waals surface area contributed by atoms with Crippen molar-refractivity contribution in [1.29, 1.82) is 0 Å². The molecule has 0 aromatic heterocycles. The lowest BCUT2D eigenvalue weighted by molar-refractivity contribution is -0.157. The van der Waals surface area contributed by atoms with Gasteiger partial charge < -0.3 is 19.1 Å². The molecule has 2 saturated heterocycles. The molecule has 2 aliphatic heterocycles. The Bertz CT molecular complexity index is 1100. The Balaban J connectivity index is 0.977. The summed E-state index contributed by atoms with van der Waals surface area (Å²) in [4.78, 5) is 43.5. The smallest absolute Gasteiger partial charge is 0.410 e. The van der Waals surface area contributed by atoms with E-state index >= 15 is 0 Å². The first-order chi connectivity index (χ1) is 21.2. The maximum atomic E-state index is 13.3. The molecule has 7 aliphatic rings. The number of nitrogens with zero attached hydrogens (tertiary/aromatic N) is 2. The Hall–Kier alpha value is -1.67. The lowest BCUT2D eigenvalue weighted by Gasteiger charge is -2.61. The lowest BCUT2D eigenvalue weighted by Crippen LogP contribution is -2.56. The third kappa shape index (κ3) is 5.62. The fourth-order valence-corrected chi connectivity index (χ4v) is 11.3. The van der Waals surface area contributed by atoms with Gasteiger partial charge in [-0.25, -0.2) is 4.79 Å². The number of amides is 1. The largest absolute Gasteiger partial charge is 0.461 e. The summed E-state index contributed by atoms with van der Waals surface area (Å²) < 4.78 is 18.0. The standard InChI is InChI=1S/C36H56N2O6/c1-34-15-16-36(22-26(34)8-9-28-29-10-11-31(39)35(29,2)14-12-30(28)34)24-38(33(41)44-36)17-13-27(23-37-18-20-42-21-19-37)43-32(40)25-6-4-3-5-7-25/h25-30H,3-24H2,1-2H3/t26-,27?,28-,29-,30-,34-,35-,36+/m0/s1. The minimum Gasteiger partial charge on any atom is -0.461 e. The van der Waals surface area contributed by atoms with Crippen LogP contribution in [-0.2, 0) is 23.8 Å². The Morgan fingerprint density at radius 2 is 1.75 bits per heavy atom. The van der Waals surface area contributed by atoms with E-state index in [-0.39, 0.29) is 40.5 Å². The Morgan fingerprint density at radius 3 is 2.55 bits per heavy atom. The van der Waals surface area contributed by atoms with Crippen LogP contribution in [0.5, 0.6) is 0 Å². The van der Waals surface area contributed by atoms with Crippen LogP contribution in [0.1, 0.15) is 110 Å². The summed E-state index contributed by atoms with van der Waals surface area (Å²) in [7, 11) is 0. The molecule has 0 aromatic rings. The average molecular weight is 613 g/mol. The zero-order chi connectivity index (χ0) is 30.5. The number of carbonyl (C=O) groups excluding carboxylic acids is 3. The van der Waals surface area contributed by atoms with Crippen molar-refractivity contribution >= 4 is 17.8 Å². The highest BCUT2D eigenvalue weighted by Gasteiger charge is 2.63. The van der Waals surface area contributed by atoms with E-state index in [1.807, 2.05) is 4.90 Å². The van der Waals surface area contributed by atoms with Crippen LogP contribution in [0.2, 0.25) is 0 Å².